The van der Waals surface area contributed by atoms with Crippen molar-refractivity contribution in [1.82, 2.24) is 14.8 Å². The highest BCUT2D eigenvalue weighted by Crippen LogP contribution is 2.23. The number of ether oxygens (including phenoxy) is 1. The van der Waals surface area contributed by atoms with Gasteiger partial charge in [0, 0.05) is 19.4 Å². The molecule has 2 aromatic rings. The van der Waals surface area contributed by atoms with Gasteiger partial charge in [0.2, 0.25) is 0 Å². The maximum atomic E-state index is 5.14. The van der Waals surface area contributed by atoms with Gasteiger partial charge in [0.05, 0.1) is 0 Å². The van der Waals surface area contributed by atoms with Gasteiger partial charge >= 0.3 is 0 Å². The fourth-order valence-electron chi connectivity index (χ4n) is 1.89. The van der Waals surface area contributed by atoms with E-state index in [0.717, 1.165) is 16.7 Å². The van der Waals surface area contributed by atoms with E-state index >= 15 is 0 Å². The predicted molar refractivity (Wildman–Crippen MR) is 81.7 cm³/mol. The largest absolute Gasteiger partial charge is 0.377 e. The Morgan fingerprint density at radius 1 is 1.35 bits per heavy atom. The fourth-order valence-corrected chi connectivity index (χ4v) is 2.93. The van der Waals surface area contributed by atoms with Crippen molar-refractivity contribution in [2.45, 2.75) is 31.0 Å². The van der Waals surface area contributed by atoms with Crippen molar-refractivity contribution in [3.05, 3.63) is 53.9 Å². The second-order valence-electron chi connectivity index (χ2n) is 4.45. The Morgan fingerprint density at radius 3 is 2.85 bits per heavy atom. The summed E-state index contributed by atoms with van der Waals surface area (Å²) in [6.07, 6.45) is 1.85. The second kappa shape index (κ2) is 7.26. The van der Waals surface area contributed by atoms with Crippen molar-refractivity contribution in [3.63, 3.8) is 0 Å². The number of nitrogens with zero attached hydrogens (tertiary/aromatic N) is 3. The number of aromatic nitrogens is 3. The average Bonchev–Trinajstić information content (AvgIpc) is 2.82. The van der Waals surface area contributed by atoms with Crippen molar-refractivity contribution in [3.8, 4) is 0 Å². The number of hydrogen-bond acceptors (Lipinski definition) is 4. The molecule has 0 aliphatic carbocycles. The number of allylic oxidation sites excluding steroid dienone is 1. The van der Waals surface area contributed by atoms with Crippen molar-refractivity contribution in [1.29, 1.82) is 0 Å². The van der Waals surface area contributed by atoms with Crippen LogP contribution in [0, 0.1) is 6.92 Å². The van der Waals surface area contributed by atoms with Gasteiger partial charge in [-0.3, -0.25) is 0 Å². The molecule has 106 valence electrons. The lowest BCUT2D eigenvalue weighted by atomic mass is 10.1. The first-order chi connectivity index (χ1) is 9.76. The van der Waals surface area contributed by atoms with Gasteiger partial charge in [-0.15, -0.1) is 16.8 Å². The van der Waals surface area contributed by atoms with Gasteiger partial charge < -0.3 is 9.30 Å². The number of thioether (sulfide) groups is 1. The summed E-state index contributed by atoms with van der Waals surface area (Å²) < 4.78 is 7.18. The Balaban J connectivity index is 2.13. The Bertz CT molecular complexity index is 580. The van der Waals surface area contributed by atoms with Gasteiger partial charge in [0.1, 0.15) is 6.61 Å². The molecule has 0 aliphatic heterocycles. The van der Waals surface area contributed by atoms with Crippen LogP contribution in [0.5, 0.6) is 0 Å². The van der Waals surface area contributed by atoms with Crippen LogP contribution in [0.25, 0.3) is 0 Å². The maximum Gasteiger partial charge on any atom is 0.191 e. The number of benzene rings is 1. The molecular weight excluding hydrogens is 270 g/mol. The molecule has 0 saturated carbocycles. The molecule has 0 fully saturated rings. The molecule has 2 rings (SSSR count). The molecule has 0 saturated heterocycles. The monoisotopic (exact) mass is 289 g/mol. The Kier molecular flexibility index (Phi) is 5.38. The third-order valence-corrected chi connectivity index (χ3v) is 4.01. The fraction of sp³-hybridized carbons (Fsp3) is 0.333. The van der Waals surface area contributed by atoms with E-state index in [0.29, 0.717) is 13.2 Å². The molecular formula is C15H19N3OS. The van der Waals surface area contributed by atoms with E-state index < -0.39 is 0 Å². The van der Waals surface area contributed by atoms with Crippen LogP contribution in [0.1, 0.15) is 17.0 Å². The van der Waals surface area contributed by atoms with Gasteiger partial charge in [-0.05, 0) is 18.1 Å². The first-order valence-electron chi connectivity index (χ1n) is 6.45. The zero-order valence-corrected chi connectivity index (χ0v) is 12.7. The molecule has 0 spiro atoms. The zero-order chi connectivity index (χ0) is 14.4. The van der Waals surface area contributed by atoms with Crippen LogP contribution in [0.2, 0.25) is 0 Å². The van der Waals surface area contributed by atoms with Crippen molar-refractivity contribution >= 4 is 11.8 Å². The van der Waals surface area contributed by atoms with E-state index in [-0.39, 0.29) is 0 Å². The van der Waals surface area contributed by atoms with Gasteiger partial charge in [-0.2, -0.15) is 0 Å². The topological polar surface area (TPSA) is 39.9 Å². The van der Waals surface area contributed by atoms with Crippen LogP contribution in [-0.4, -0.2) is 21.9 Å². The van der Waals surface area contributed by atoms with Gasteiger partial charge in [0.15, 0.2) is 11.0 Å². The Labute approximate surface area is 123 Å². The third-order valence-electron chi connectivity index (χ3n) is 3.00. The summed E-state index contributed by atoms with van der Waals surface area (Å²) in [6.45, 7) is 7.07. The minimum Gasteiger partial charge on any atom is -0.377 e. The van der Waals surface area contributed by atoms with Crippen LogP contribution in [0.3, 0.4) is 0 Å². The normalized spacial score (nSPS) is 10.7. The standard InChI is InChI=1S/C15H19N3OS/c1-4-9-18-14(10-19-3)16-17-15(18)20-11-13-8-6-5-7-12(13)2/h4-8H,1,9-11H2,2-3H3. The molecule has 0 aliphatic rings. The van der Waals surface area contributed by atoms with Crippen LogP contribution < -0.4 is 0 Å². The van der Waals surface area contributed by atoms with Crippen LogP contribution in [0.15, 0.2) is 42.1 Å². The summed E-state index contributed by atoms with van der Waals surface area (Å²) in [5, 5.41) is 9.33. The van der Waals surface area contributed by atoms with Gasteiger partial charge in [0.25, 0.3) is 0 Å². The van der Waals surface area contributed by atoms with E-state index in [1.54, 1.807) is 18.9 Å². The van der Waals surface area contributed by atoms with Gasteiger partial charge in [-0.25, -0.2) is 0 Å². The van der Waals surface area contributed by atoms with Crippen molar-refractivity contribution < 1.29 is 4.74 Å². The first kappa shape index (κ1) is 14.8. The molecule has 20 heavy (non-hydrogen) atoms. The van der Waals surface area contributed by atoms with E-state index in [1.165, 1.54) is 11.1 Å². The number of rotatable bonds is 7. The van der Waals surface area contributed by atoms with E-state index in [1.807, 2.05) is 10.6 Å². The zero-order valence-electron chi connectivity index (χ0n) is 11.9. The summed E-state index contributed by atoms with van der Waals surface area (Å²) in [6, 6.07) is 8.39. The number of aryl methyl sites for hydroxylation is 1. The molecule has 1 heterocycles. The number of hydrogen-bond donors (Lipinski definition) is 0. The second-order valence-corrected chi connectivity index (χ2v) is 5.39. The summed E-state index contributed by atoms with van der Waals surface area (Å²) in [5.74, 6) is 1.72. The molecule has 4 nitrogen and oxygen atoms in total. The Morgan fingerprint density at radius 2 is 2.15 bits per heavy atom. The lowest BCUT2D eigenvalue weighted by Crippen LogP contribution is -2.05. The smallest absolute Gasteiger partial charge is 0.191 e. The highest BCUT2D eigenvalue weighted by atomic mass is 32.2. The molecule has 0 radical (unpaired) electrons. The predicted octanol–water partition coefficient (Wildman–Crippen LogP) is 3.21. The summed E-state index contributed by atoms with van der Waals surface area (Å²) in [4.78, 5) is 0. The van der Waals surface area contributed by atoms with Crippen molar-refractivity contribution in [2.24, 2.45) is 0 Å². The molecule has 0 bridgehead atoms. The van der Waals surface area contributed by atoms with Crippen LogP contribution in [0.4, 0.5) is 0 Å². The summed E-state index contributed by atoms with van der Waals surface area (Å²) in [7, 11) is 1.66. The highest BCUT2D eigenvalue weighted by molar-refractivity contribution is 7.98. The molecule has 0 amide bonds. The van der Waals surface area contributed by atoms with Gasteiger partial charge in [-0.1, -0.05) is 42.1 Å². The lowest BCUT2D eigenvalue weighted by Gasteiger charge is -2.08. The third kappa shape index (κ3) is 3.49. The Hall–Kier alpha value is -1.59. The minimum absolute atomic E-state index is 0.464. The quantitative estimate of drug-likeness (QED) is 0.579. The molecule has 1 aromatic carbocycles. The summed E-state index contributed by atoms with van der Waals surface area (Å²) in [5.41, 5.74) is 2.62. The van der Waals surface area contributed by atoms with Crippen molar-refractivity contribution in [2.75, 3.05) is 7.11 Å². The first-order valence-corrected chi connectivity index (χ1v) is 7.44. The van der Waals surface area contributed by atoms with Crippen LogP contribution >= 0.6 is 11.8 Å². The van der Waals surface area contributed by atoms with E-state index in [9.17, 15) is 0 Å². The lowest BCUT2D eigenvalue weighted by molar-refractivity contribution is 0.174. The average molecular weight is 289 g/mol. The molecule has 5 heteroatoms. The summed E-state index contributed by atoms with van der Waals surface area (Å²) >= 11 is 1.69. The maximum absolute atomic E-state index is 5.14. The van der Waals surface area contributed by atoms with Crippen LogP contribution in [-0.2, 0) is 23.6 Å². The highest BCUT2D eigenvalue weighted by Gasteiger charge is 2.11. The SMILES string of the molecule is C=CCn1c(COC)nnc1SCc1ccccc1C. The molecule has 0 atom stereocenters. The molecule has 0 N–H and O–H groups in total. The van der Waals surface area contributed by atoms with E-state index in [4.69, 9.17) is 4.74 Å². The molecule has 1 aromatic heterocycles. The molecule has 0 unspecified atom stereocenters. The number of methoxy groups -OCH3 is 1. The minimum atomic E-state index is 0.464. The van der Waals surface area contributed by atoms with E-state index in [2.05, 4.69) is 48.0 Å².